The Morgan fingerprint density at radius 1 is 0.516 bits per heavy atom. The van der Waals surface area contributed by atoms with Crippen molar-refractivity contribution in [1.82, 2.24) is 14.9 Å². The fourth-order valence-corrected chi connectivity index (χ4v) is 8.70. The fraction of sp³-hybridized carbons (Fsp3) is 0.907. The lowest BCUT2D eigenvalue weighted by Crippen LogP contribution is -2.32. The maximum absolute atomic E-state index is 12.3. The number of carbonyl (C=O) groups is 2. The number of nitrogens with zero attached hydrogens (tertiary/aromatic N) is 2. The summed E-state index contributed by atoms with van der Waals surface area (Å²) in [6, 6.07) is 0. The normalized spacial score (nSPS) is 12.5. The molecule has 0 saturated carbocycles. The number of rotatable bonds is 50. The molecular weight excluding hydrogens is 771 g/mol. The van der Waals surface area contributed by atoms with Crippen molar-refractivity contribution in [1.29, 1.82) is 0 Å². The number of nitrogens with one attached hydrogen (secondary N) is 1. The van der Waals surface area contributed by atoms with Gasteiger partial charge in [-0.05, 0) is 70.3 Å². The van der Waals surface area contributed by atoms with Crippen molar-refractivity contribution in [3.8, 4) is 0 Å². The summed E-state index contributed by atoms with van der Waals surface area (Å²) in [4.78, 5) is 28.7. The molecule has 2 atom stereocenters. The molecule has 0 bridgehead atoms. The Labute approximate surface area is 384 Å². The van der Waals surface area contributed by atoms with E-state index in [0.29, 0.717) is 26.1 Å². The van der Waals surface area contributed by atoms with Crippen molar-refractivity contribution in [2.24, 2.45) is 5.92 Å². The van der Waals surface area contributed by atoms with E-state index in [0.717, 1.165) is 96.7 Å². The third-order valence-corrected chi connectivity index (χ3v) is 12.9. The van der Waals surface area contributed by atoms with Gasteiger partial charge in [-0.15, -0.1) is 0 Å². The number of aliphatic hydroxyl groups excluding tert-OH is 1. The molecule has 0 spiro atoms. The van der Waals surface area contributed by atoms with E-state index in [2.05, 4.69) is 28.7 Å². The Morgan fingerprint density at radius 2 is 0.903 bits per heavy atom. The summed E-state index contributed by atoms with van der Waals surface area (Å²) in [5, 5.41) is 14.8. The molecule has 0 fully saturated rings. The first-order valence-corrected chi connectivity index (χ1v) is 27.2. The van der Waals surface area contributed by atoms with Gasteiger partial charge in [0.25, 0.3) is 0 Å². The van der Waals surface area contributed by atoms with Gasteiger partial charge in [-0.25, -0.2) is 4.98 Å². The van der Waals surface area contributed by atoms with Gasteiger partial charge in [0.1, 0.15) is 0 Å². The molecule has 1 rings (SSSR count). The van der Waals surface area contributed by atoms with Crippen molar-refractivity contribution >= 4 is 11.9 Å². The van der Waals surface area contributed by atoms with E-state index in [1.165, 1.54) is 167 Å². The number of unbranched alkanes of at least 4 members (excludes halogenated alkanes) is 31. The van der Waals surface area contributed by atoms with Gasteiger partial charge in [0.15, 0.2) is 0 Å². The number of esters is 2. The van der Waals surface area contributed by atoms with E-state index >= 15 is 0 Å². The number of hydrogen-bond donors (Lipinski definition) is 2. The number of aliphatic hydroxyl groups is 1. The highest BCUT2D eigenvalue weighted by molar-refractivity contribution is 5.69. The molecule has 0 amide bonds. The van der Waals surface area contributed by atoms with Gasteiger partial charge in [-0.1, -0.05) is 200 Å². The first-order chi connectivity index (χ1) is 30.6. The lowest BCUT2D eigenvalue weighted by atomic mass is 9.92. The number of aryl methyl sites for hydroxylation is 1. The van der Waals surface area contributed by atoms with Crippen LogP contribution in [0.25, 0.3) is 0 Å². The van der Waals surface area contributed by atoms with Gasteiger partial charge < -0.3 is 24.5 Å². The van der Waals surface area contributed by atoms with Gasteiger partial charge in [-0.3, -0.25) is 9.59 Å². The quantitative estimate of drug-likeness (QED) is 0.0496. The Morgan fingerprint density at radius 3 is 1.32 bits per heavy atom. The summed E-state index contributed by atoms with van der Waals surface area (Å²) in [5.74, 6) is 0.0353. The largest absolute Gasteiger partial charge is 0.466 e. The monoisotopic (exact) mass is 874 g/mol. The van der Waals surface area contributed by atoms with Crippen LogP contribution in [-0.4, -0.2) is 59.0 Å². The second-order valence-electron chi connectivity index (χ2n) is 18.9. The summed E-state index contributed by atoms with van der Waals surface area (Å²) in [5.41, 5.74) is 0. The van der Waals surface area contributed by atoms with Crippen LogP contribution in [0.3, 0.4) is 0 Å². The first kappa shape index (κ1) is 58.1. The predicted molar refractivity (Wildman–Crippen MR) is 263 cm³/mol. The molecule has 0 aromatic carbocycles. The highest BCUT2D eigenvalue weighted by Crippen LogP contribution is 2.19. The minimum atomic E-state index is -0.378. The lowest BCUT2D eigenvalue weighted by molar-refractivity contribution is -0.144. The Kier molecular flexibility index (Phi) is 44.1. The van der Waals surface area contributed by atoms with Crippen LogP contribution < -0.4 is 5.32 Å². The zero-order chi connectivity index (χ0) is 44.7. The predicted octanol–water partition coefficient (Wildman–Crippen LogP) is 15.2. The number of ether oxygens (including phenoxy) is 2. The molecule has 0 aliphatic carbocycles. The molecule has 1 aromatic rings. The van der Waals surface area contributed by atoms with Crippen LogP contribution in [0.1, 0.15) is 271 Å². The molecule has 8 nitrogen and oxygen atoms in total. The van der Waals surface area contributed by atoms with Crippen molar-refractivity contribution in [2.45, 2.75) is 283 Å². The number of hydrogen-bond acceptors (Lipinski definition) is 7. The molecule has 2 N–H and O–H groups in total. The molecule has 0 saturated heterocycles. The summed E-state index contributed by atoms with van der Waals surface area (Å²) in [6.45, 7) is 8.11. The van der Waals surface area contributed by atoms with Crippen LogP contribution in [0, 0.1) is 5.92 Å². The number of imidazole rings is 1. The van der Waals surface area contributed by atoms with Gasteiger partial charge in [0, 0.05) is 38.3 Å². The van der Waals surface area contributed by atoms with E-state index in [9.17, 15) is 14.7 Å². The molecule has 62 heavy (non-hydrogen) atoms. The van der Waals surface area contributed by atoms with Gasteiger partial charge in [-0.2, -0.15) is 0 Å². The summed E-state index contributed by atoms with van der Waals surface area (Å²) < 4.78 is 13.2. The van der Waals surface area contributed by atoms with Crippen LogP contribution in [0.2, 0.25) is 0 Å². The Hall–Kier alpha value is -1.93. The fourth-order valence-electron chi connectivity index (χ4n) is 8.70. The lowest BCUT2D eigenvalue weighted by Gasteiger charge is -2.24. The van der Waals surface area contributed by atoms with Gasteiger partial charge in [0.2, 0.25) is 0 Å². The maximum atomic E-state index is 12.3. The SMILES string of the molecule is CCCCCCCCCCCCCCCCCC(=O)OCCCCCC(O)C(CCCCOC(=O)CCCCCCCCCCCCCCCCC)CNCCCn1ccnc1. The zero-order valence-corrected chi connectivity index (χ0v) is 41.2. The van der Waals surface area contributed by atoms with Crippen LogP contribution in [0.15, 0.2) is 18.7 Å². The molecule has 1 aromatic heterocycles. The average molecular weight is 874 g/mol. The number of carbonyl (C=O) groups excluding carboxylic acids is 2. The van der Waals surface area contributed by atoms with E-state index in [1.54, 1.807) is 0 Å². The molecule has 1 heterocycles. The highest BCUT2D eigenvalue weighted by atomic mass is 16.5. The van der Waals surface area contributed by atoms with E-state index in [4.69, 9.17) is 9.47 Å². The molecule has 2 unspecified atom stereocenters. The van der Waals surface area contributed by atoms with Crippen molar-refractivity contribution in [3.63, 3.8) is 0 Å². The third-order valence-electron chi connectivity index (χ3n) is 12.9. The maximum Gasteiger partial charge on any atom is 0.305 e. The third kappa shape index (κ3) is 40.8. The number of aromatic nitrogens is 2. The van der Waals surface area contributed by atoms with E-state index in [1.807, 2.05) is 18.7 Å². The molecular formula is C54H103N3O5. The summed E-state index contributed by atoms with van der Waals surface area (Å²) >= 11 is 0. The molecule has 0 radical (unpaired) electrons. The molecule has 8 heteroatoms. The molecule has 364 valence electrons. The van der Waals surface area contributed by atoms with Crippen LogP contribution >= 0.6 is 0 Å². The topological polar surface area (TPSA) is 103 Å². The Bertz CT molecular complexity index is 1050. The van der Waals surface area contributed by atoms with Crippen molar-refractivity contribution in [3.05, 3.63) is 18.7 Å². The van der Waals surface area contributed by atoms with Crippen LogP contribution in [0.5, 0.6) is 0 Å². The minimum absolute atomic E-state index is 0.0605. The standard InChI is InChI=1S/C54H103N3O5/c1-3-5-7-9-11-13-15-17-19-21-23-25-27-29-33-41-53(59)61-47-36-31-32-40-52(58)51(49-55-43-38-45-57-46-44-56-50-57)39-35-37-48-62-54(60)42-34-30-28-26-24-22-20-18-16-14-12-10-8-6-4-2/h44,46,50-52,55,58H,3-43,45,47-49H2,1-2H3. The second kappa shape index (κ2) is 47.0. The highest BCUT2D eigenvalue weighted by Gasteiger charge is 2.19. The first-order valence-electron chi connectivity index (χ1n) is 27.2. The Balaban J connectivity index is 2.09. The van der Waals surface area contributed by atoms with Crippen LogP contribution in [-0.2, 0) is 25.6 Å². The zero-order valence-electron chi connectivity index (χ0n) is 41.2. The molecule has 0 aliphatic rings. The van der Waals surface area contributed by atoms with E-state index in [-0.39, 0.29) is 24.0 Å². The van der Waals surface area contributed by atoms with Crippen molar-refractivity contribution < 1.29 is 24.2 Å². The van der Waals surface area contributed by atoms with Gasteiger partial charge >= 0.3 is 11.9 Å². The van der Waals surface area contributed by atoms with Gasteiger partial charge in [0.05, 0.1) is 25.6 Å². The minimum Gasteiger partial charge on any atom is -0.466 e. The second-order valence-corrected chi connectivity index (χ2v) is 18.9. The molecule has 0 aliphatic heterocycles. The van der Waals surface area contributed by atoms with E-state index < -0.39 is 0 Å². The average Bonchev–Trinajstić information content (AvgIpc) is 3.80. The van der Waals surface area contributed by atoms with Crippen LogP contribution in [0.4, 0.5) is 0 Å². The smallest absolute Gasteiger partial charge is 0.305 e. The summed E-state index contributed by atoms with van der Waals surface area (Å²) in [7, 11) is 0. The van der Waals surface area contributed by atoms with Crippen molar-refractivity contribution in [2.75, 3.05) is 26.3 Å². The summed E-state index contributed by atoms with van der Waals surface area (Å²) in [6.07, 6.45) is 53.1.